The molecule has 0 aromatic carbocycles. The van der Waals surface area contributed by atoms with Crippen LogP contribution in [0.3, 0.4) is 0 Å². The SMILES string of the molecule is CC(=O)N1CCC(n2nc(C3=CC4N=C(N)OC4C=C3)c3c(N)ncnc32)CC1. The number of anilines is 1. The third kappa shape index (κ3) is 2.91. The van der Waals surface area contributed by atoms with Crippen LogP contribution in [0.2, 0.25) is 0 Å². The molecular weight excluding hydrogens is 372 g/mol. The Morgan fingerprint density at radius 1 is 1.24 bits per heavy atom. The second kappa shape index (κ2) is 6.57. The molecule has 0 saturated carbocycles. The average molecular weight is 394 g/mol. The molecule has 0 radical (unpaired) electrons. The lowest BCUT2D eigenvalue weighted by molar-refractivity contribution is -0.130. The van der Waals surface area contributed by atoms with Gasteiger partial charge in [-0.2, -0.15) is 5.10 Å². The normalized spacial score (nSPS) is 24.2. The molecule has 29 heavy (non-hydrogen) atoms. The van der Waals surface area contributed by atoms with E-state index >= 15 is 0 Å². The summed E-state index contributed by atoms with van der Waals surface area (Å²) in [5.74, 6) is 0.492. The van der Waals surface area contributed by atoms with E-state index in [0.717, 1.165) is 29.5 Å². The number of aliphatic imine (C=N–C) groups is 1. The molecule has 10 nitrogen and oxygen atoms in total. The van der Waals surface area contributed by atoms with Gasteiger partial charge in [0.2, 0.25) is 5.91 Å². The molecule has 3 aliphatic rings. The van der Waals surface area contributed by atoms with Crippen LogP contribution in [-0.2, 0) is 9.53 Å². The van der Waals surface area contributed by atoms with Crippen LogP contribution in [-0.4, -0.2) is 61.8 Å². The maximum Gasteiger partial charge on any atom is 0.283 e. The van der Waals surface area contributed by atoms with E-state index < -0.39 is 0 Å². The number of piperidine rings is 1. The zero-order valence-electron chi connectivity index (χ0n) is 16.0. The maximum atomic E-state index is 11.6. The van der Waals surface area contributed by atoms with Crippen molar-refractivity contribution in [3.05, 3.63) is 30.2 Å². The number of amidine groups is 1. The number of aromatic nitrogens is 4. The first-order valence-corrected chi connectivity index (χ1v) is 9.66. The summed E-state index contributed by atoms with van der Waals surface area (Å²) >= 11 is 0. The fourth-order valence-electron chi connectivity index (χ4n) is 4.22. The van der Waals surface area contributed by atoms with Gasteiger partial charge >= 0.3 is 0 Å². The highest BCUT2D eigenvalue weighted by atomic mass is 16.5. The van der Waals surface area contributed by atoms with Crippen molar-refractivity contribution >= 4 is 34.4 Å². The van der Waals surface area contributed by atoms with Crippen molar-refractivity contribution in [3.8, 4) is 0 Å². The van der Waals surface area contributed by atoms with Gasteiger partial charge in [0.05, 0.1) is 11.4 Å². The lowest BCUT2D eigenvalue weighted by atomic mass is 9.98. The van der Waals surface area contributed by atoms with Crippen LogP contribution in [0.1, 0.15) is 31.5 Å². The largest absolute Gasteiger partial charge is 0.455 e. The van der Waals surface area contributed by atoms with E-state index in [2.05, 4.69) is 15.0 Å². The first kappa shape index (κ1) is 17.7. The van der Waals surface area contributed by atoms with Crippen molar-refractivity contribution in [3.63, 3.8) is 0 Å². The predicted octanol–water partition coefficient (Wildman–Crippen LogP) is 0.627. The van der Waals surface area contributed by atoms with Gasteiger partial charge in [0.1, 0.15) is 30.0 Å². The van der Waals surface area contributed by atoms with Gasteiger partial charge in [-0.25, -0.2) is 19.6 Å². The van der Waals surface area contributed by atoms with Crippen LogP contribution in [0, 0.1) is 0 Å². The molecule has 4 heterocycles. The third-order valence-electron chi connectivity index (χ3n) is 5.73. The van der Waals surface area contributed by atoms with Gasteiger partial charge < -0.3 is 21.1 Å². The first-order chi connectivity index (χ1) is 14.0. The Labute approximate surface area is 166 Å². The second-order valence-electron chi connectivity index (χ2n) is 7.51. The number of nitrogens with zero attached hydrogens (tertiary/aromatic N) is 6. The molecule has 150 valence electrons. The number of rotatable bonds is 2. The number of allylic oxidation sites excluding steroid dienone is 2. The van der Waals surface area contributed by atoms with Gasteiger partial charge in [-0.05, 0) is 25.0 Å². The Kier molecular flexibility index (Phi) is 4.00. The molecule has 2 atom stereocenters. The van der Waals surface area contributed by atoms with Crippen LogP contribution >= 0.6 is 0 Å². The number of ether oxygens (including phenoxy) is 1. The summed E-state index contributed by atoms with van der Waals surface area (Å²) in [6.45, 7) is 3.01. The minimum atomic E-state index is -0.184. The summed E-state index contributed by atoms with van der Waals surface area (Å²) < 4.78 is 7.41. The standard InChI is InChI=1S/C19H22N8O2/c1-10(28)26-6-4-12(5-7-26)27-18-15(17(20)22-9-23-18)16(25-27)11-2-3-14-13(8-11)24-19(21)29-14/h2-3,8-9,12-14H,4-7H2,1H3,(H2,21,24)(H2,20,22,23). The van der Waals surface area contributed by atoms with Crippen molar-refractivity contribution in [2.75, 3.05) is 18.8 Å². The molecule has 2 aromatic heterocycles. The maximum absolute atomic E-state index is 11.6. The number of nitrogen functional groups attached to an aromatic ring is 1. The Balaban J connectivity index is 1.55. The van der Waals surface area contributed by atoms with Crippen molar-refractivity contribution in [1.82, 2.24) is 24.6 Å². The van der Waals surface area contributed by atoms with E-state index in [1.807, 2.05) is 27.8 Å². The molecule has 10 heteroatoms. The second-order valence-corrected chi connectivity index (χ2v) is 7.51. The summed E-state index contributed by atoms with van der Waals surface area (Å²) in [6, 6.07) is 0.151. The Morgan fingerprint density at radius 2 is 2.03 bits per heavy atom. The molecule has 1 fully saturated rings. The van der Waals surface area contributed by atoms with E-state index in [9.17, 15) is 4.79 Å². The van der Waals surface area contributed by atoms with Crippen molar-refractivity contribution in [2.24, 2.45) is 10.7 Å². The Hall–Kier alpha value is -3.43. The lowest BCUT2D eigenvalue weighted by Crippen LogP contribution is -2.37. The highest BCUT2D eigenvalue weighted by Gasteiger charge is 2.31. The molecule has 1 aliphatic carbocycles. The molecule has 0 spiro atoms. The van der Waals surface area contributed by atoms with Gasteiger partial charge in [0, 0.05) is 25.6 Å². The Morgan fingerprint density at radius 3 is 2.79 bits per heavy atom. The fraction of sp³-hybridized carbons (Fsp3) is 0.421. The van der Waals surface area contributed by atoms with Gasteiger partial charge in [-0.1, -0.05) is 6.08 Å². The van der Waals surface area contributed by atoms with Crippen LogP contribution in [0.25, 0.3) is 16.6 Å². The van der Waals surface area contributed by atoms with E-state index in [1.165, 1.54) is 6.33 Å². The van der Waals surface area contributed by atoms with Gasteiger partial charge in [-0.15, -0.1) is 0 Å². The first-order valence-electron chi connectivity index (χ1n) is 9.66. The minimum absolute atomic E-state index is 0.103. The number of hydrogen-bond donors (Lipinski definition) is 2. The number of amides is 1. The lowest BCUT2D eigenvalue weighted by Gasteiger charge is -2.31. The molecule has 1 amide bonds. The van der Waals surface area contributed by atoms with E-state index in [4.69, 9.17) is 21.3 Å². The third-order valence-corrected chi connectivity index (χ3v) is 5.73. The quantitative estimate of drug-likeness (QED) is 0.762. The zero-order valence-corrected chi connectivity index (χ0v) is 16.0. The van der Waals surface area contributed by atoms with E-state index in [-0.39, 0.29) is 30.1 Å². The number of fused-ring (bicyclic) bond motifs is 2. The number of hydrogen-bond acceptors (Lipinski definition) is 8. The van der Waals surface area contributed by atoms with Crippen molar-refractivity contribution in [1.29, 1.82) is 0 Å². The van der Waals surface area contributed by atoms with Crippen LogP contribution in [0.15, 0.2) is 29.5 Å². The minimum Gasteiger partial charge on any atom is -0.455 e. The molecule has 5 rings (SSSR count). The molecule has 2 aliphatic heterocycles. The number of carbonyl (C=O) groups excluding carboxylic acids is 1. The fourth-order valence-corrected chi connectivity index (χ4v) is 4.22. The van der Waals surface area contributed by atoms with Gasteiger partial charge in [-0.3, -0.25) is 4.79 Å². The van der Waals surface area contributed by atoms with Crippen LogP contribution in [0.5, 0.6) is 0 Å². The van der Waals surface area contributed by atoms with Crippen LogP contribution in [0.4, 0.5) is 5.82 Å². The number of nitrogens with two attached hydrogens (primary N) is 2. The van der Waals surface area contributed by atoms with Crippen molar-refractivity contribution < 1.29 is 9.53 Å². The molecular formula is C19H22N8O2. The van der Waals surface area contributed by atoms with E-state index in [1.54, 1.807) is 6.92 Å². The summed E-state index contributed by atoms with van der Waals surface area (Å²) in [4.78, 5) is 26.5. The Bertz CT molecular complexity index is 1080. The zero-order chi connectivity index (χ0) is 20.1. The van der Waals surface area contributed by atoms with Gasteiger partial charge in [0.25, 0.3) is 6.02 Å². The molecule has 2 unspecified atom stereocenters. The highest BCUT2D eigenvalue weighted by molar-refractivity contribution is 5.98. The monoisotopic (exact) mass is 394 g/mol. The van der Waals surface area contributed by atoms with Crippen molar-refractivity contribution in [2.45, 2.75) is 38.0 Å². The summed E-state index contributed by atoms with van der Waals surface area (Å²) in [7, 11) is 0. The summed E-state index contributed by atoms with van der Waals surface area (Å²) in [5, 5.41) is 5.62. The predicted molar refractivity (Wildman–Crippen MR) is 108 cm³/mol. The number of likely N-dealkylation sites (tertiary alicyclic amines) is 1. The molecule has 2 aromatic rings. The average Bonchev–Trinajstić information content (AvgIpc) is 3.28. The van der Waals surface area contributed by atoms with E-state index in [0.29, 0.717) is 24.6 Å². The topological polar surface area (TPSA) is 138 Å². The molecule has 4 N–H and O–H groups in total. The van der Waals surface area contributed by atoms with Crippen LogP contribution < -0.4 is 11.5 Å². The molecule has 0 bridgehead atoms. The highest BCUT2D eigenvalue weighted by Crippen LogP contribution is 2.35. The smallest absolute Gasteiger partial charge is 0.283 e. The summed E-state index contributed by atoms with van der Waals surface area (Å²) in [6.07, 6.45) is 8.77. The summed E-state index contributed by atoms with van der Waals surface area (Å²) in [5.41, 5.74) is 14.2. The number of carbonyl (C=O) groups is 1. The van der Waals surface area contributed by atoms with Gasteiger partial charge in [0.15, 0.2) is 5.65 Å². The molecule has 1 saturated heterocycles.